The lowest BCUT2D eigenvalue weighted by Crippen LogP contribution is -2.54. The second-order valence-electron chi connectivity index (χ2n) is 2.76. The van der Waals surface area contributed by atoms with Gasteiger partial charge in [0.15, 0.2) is 0 Å². The first-order chi connectivity index (χ1) is 3.95. The van der Waals surface area contributed by atoms with Gasteiger partial charge in [-0.15, -0.1) is 0 Å². The molecule has 0 aromatic rings. The van der Waals surface area contributed by atoms with E-state index in [1.165, 1.54) is 32.6 Å². The van der Waals surface area contributed by atoms with Crippen molar-refractivity contribution in [2.24, 2.45) is 0 Å². The lowest BCUT2D eigenvalue weighted by atomic mass is 10.1. The number of hydrogen-bond donors (Lipinski definition) is 1. The van der Waals surface area contributed by atoms with Crippen LogP contribution in [0.15, 0.2) is 0 Å². The third-order valence-electron chi connectivity index (χ3n) is 2.04. The summed E-state index contributed by atoms with van der Waals surface area (Å²) < 4.78 is 0. The maximum atomic E-state index is 3.47. The summed E-state index contributed by atoms with van der Waals surface area (Å²) in [7, 11) is 0. The highest BCUT2D eigenvalue weighted by Gasteiger charge is 2.27. The lowest BCUT2D eigenvalue weighted by molar-refractivity contribution is 0.154. The summed E-state index contributed by atoms with van der Waals surface area (Å²) in [5.41, 5.74) is 0. The minimum Gasteiger partial charge on any atom is -0.311 e. The van der Waals surface area contributed by atoms with Gasteiger partial charge in [-0.2, -0.15) is 0 Å². The van der Waals surface area contributed by atoms with Crippen LogP contribution in [-0.4, -0.2) is 37.1 Å². The van der Waals surface area contributed by atoms with Gasteiger partial charge in [0.1, 0.15) is 0 Å². The van der Waals surface area contributed by atoms with Gasteiger partial charge in [-0.05, 0) is 19.5 Å². The molecule has 3 saturated heterocycles. The SMILES string of the molecule is C1CNC2CN(C1)C2. The van der Waals surface area contributed by atoms with Gasteiger partial charge in [-0.25, -0.2) is 0 Å². The minimum atomic E-state index is 0.845. The van der Waals surface area contributed by atoms with Crippen LogP contribution in [0.1, 0.15) is 6.42 Å². The Bertz CT molecular complexity index is 71.0. The second kappa shape index (κ2) is 1.71. The highest BCUT2D eigenvalue weighted by atomic mass is 15.3. The molecule has 2 bridgehead atoms. The number of hydrogen-bond acceptors (Lipinski definition) is 2. The highest BCUT2D eigenvalue weighted by molar-refractivity contribution is 4.88. The van der Waals surface area contributed by atoms with Crippen LogP contribution in [0.2, 0.25) is 0 Å². The fourth-order valence-corrected chi connectivity index (χ4v) is 1.49. The number of nitrogens with one attached hydrogen (secondary N) is 1. The molecular formula is C6H12N2. The zero-order valence-electron chi connectivity index (χ0n) is 5.06. The maximum absolute atomic E-state index is 3.47. The van der Waals surface area contributed by atoms with Gasteiger partial charge in [-0.1, -0.05) is 0 Å². The largest absolute Gasteiger partial charge is 0.311 e. The van der Waals surface area contributed by atoms with Crippen LogP contribution in [0.4, 0.5) is 0 Å². The quantitative estimate of drug-likeness (QED) is 0.461. The predicted octanol–water partition coefficient (Wildman–Crippen LogP) is -0.336. The number of nitrogens with zero attached hydrogens (tertiary/aromatic N) is 1. The van der Waals surface area contributed by atoms with Gasteiger partial charge in [0, 0.05) is 19.1 Å². The molecule has 3 heterocycles. The van der Waals surface area contributed by atoms with Crippen molar-refractivity contribution >= 4 is 0 Å². The molecule has 0 spiro atoms. The third-order valence-corrected chi connectivity index (χ3v) is 2.04. The average molecular weight is 112 g/mol. The van der Waals surface area contributed by atoms with E-state index in [1.54, 1.807) is 0 Å². The summed E-state index contributed by atoms with van der Waals surface area (Å²) in [6.45, 7) is 5.17. The lowest BCUT2D eigenvalue weighted by Gasteiger charge is -2.36. The maximum Gasteiger partial charge on any atom is 0.0322 e. The van der Waals surface area contributed by atoms with Crippen LogP contribution in [0, 0.1) is 0 Å². The van der Waals surface area contributed by atoms with E-state index in [1.807, 2.05) is 0 Å². The Morgan fingerprint density at radius 2 is 2.25 bits per heavy atom. The van der Waals surface area contributed by atoms with Gasteiger partial charge in [-0.3, -0.25) is 0 Å². The molecule has 2 heteroatoms. The Morgan fingerprint density at radius 1 is 1.38 bits per heavy atom. The van der Waals surface area contributed by atoms with Crippen molar-refractivity contribution in [3.63, 3.8) is 0 Å². The fourth-order valence-electron chi connectivity index (χ4n) is 1.49. The van der Waals surface area contributed by atoms with Crippen LogP contribution in [0.5, 0.6) is 0 Å². The van der Waals surface area contributed by atoms with Crippen molar-refractivity contribution in [2.45, 2.75) is 12.5 Å². The van der Waals surface area contributed by atoms with E-state index < -0.39 is 0 Å². The average Bonchev–Trinajstić information content (AvgIpc) is 1.89. The Hall–Kier alpha value is -0.0800. The minimum absolute atomic E-state index is 0.845. The number of rotatable bonds is 0. The van der Waals surface area contributed by atoms with E-state index in [4.69, 9.17) is 0 Å². The molecule has 0 aromatic heterocycles. The molecule has 0 unspecified atom stereocenters. The van der Waals surface area contributed by atoms with Crippen molar-refractivity contribution in [3.8, 4) is 0 Å². The van der Waals surface area contributed by atoms with Gasteiger partial charge < -0.3 is 10.2 Å². The molecule has 8 heavy (non-hydrogen) atoms. The molecule has 0 aliphatic carbocycles. The van der Waals surface area contributed by atoms with Crippen LogP contribution < -0.4 is 5.32 Å². The van der Waals surface area contributed by atoms with Gasteiger partial charge in [0.2, 0.25) is 0 Å². The van der Waals surface area contributed by atoms with Gasteiger partial charge >= 0.3 is 0 Å². The van der Waals surface area contributed by atoms with Crippen molar-refractivity contribution in [2.75, 3.05) is 26.2 Å². The van der Waals surface area contributed by atoms with Crippen LogP contribution in [-0.2, 0) is 0 Å². The van der Waals surface area contributed by atoms with Crippen molar-refractivity contribution in [1.82, 2.24) is 10.2 Å². The summed E-state index contributed by atoms with van der Waals surface area (Å²) in [6.07, 6.45) is 1.34. The first kappa shape index (κ1) is 4.77. The third kappa shape index (κ3) is 0.644. The molecule has 0 amide bonds. The normalized spacial score (nSPS) is 45.0. The second-order valence-corrected chi connectivity index (χ2v) is 2.76. The molecule has 3 aliphatic heterocycles. The molecule has 0 saturated carbocycles. The summed E-state index contributed by atoms with van der Waals surface area (Å²) >= 11 is 0. The summed E-state index contributed by atoms with van der Waals surface area (Å²) in [4.78, 5) is 2.50. The Labute approximate surface area is 49.9 Å². The van der Waals surface area contributed by atoms with E-state index in [0.29, 0.717) is 0 Å². The van der Waals surface area contributed by atoms with Gasteiger partial charge in [0.05, 0.1) is 0 Å². The van der Waals surface area contributed by atoms with Crippen molar-refractivity contribution in [3.05, 3.63) is 0 Å². The predicted molar refractivity (Wildman–Crippen MR) is 32.8 cm³/mol. The number of fused-ring (bicyclic) bond motifs is 3. The molecular weight excluding hydrogens is 100 g/mol. The molecule has 3 aliphatic rings. The fraction of sp³-hybridized carbons (Fsp3) is 1.00. The molecule has 2 nitrogen and oxygen atoms in total. The van der Waals surface area contributed by atoms with Crippen molar-refractivity contribution in [1.29, 1.82) is 0 Å². The van der Waals surface area contributed by atoms with E-state index in [9.17, 15) is 0 Å². The standard InChI is InChI=1S/C6H12N2/c1-2-7-6-4-8(3-1)5-6/h6-7H,1-5H2. The van der Waals surface area contributed by atoms with Crippen LogP contribution >= 0.6 is 0 Å². The molecule has 0 aromatic carbocycles. The van der Waals surface area contributed by atoms with Crippen LogP contribution in [0.25, 0.3) is 0 Å². The molecule has 3 rings (SSSR count). The molecule has 0 radical (unpaired) electrons. The smallest absolute Gasteiger partial charge is 0.0322 e. The Balaban J connectivity index is 1.95. The zero-order chi connectivity index (χ0) is 5.40. The van der Waals surface area contributed by atoms with E-state index in [-0.39, 0.29) is 0 Å². The van der Waals surface area contributed by atoms with Crippen molar-refractivity contribution < 1.29 is 0 Å². The molecule has 0 atom stereocenters. The monoisotopic (exact) mass is 112 g/mol. The first-order valence-corrected chi connectivity index (χ1v) is 3.41. The van der Waals surface area contributed by atoms with Gasteiger partial charge in [0.25, 0.3) is 0 Å². The Morgan fingerprint density at radius 3 is 3.12 bits per heavy atom. The summed E-state index contributed by atoms with van der Waals surface area (Å²) in [5, 5.41) is 3.47. The summed E-state index contributed by atoms with van der Waals surface area (Å²) in [5.74, 6) is 0. The first-order valence-electron chi connectivity index (χ1n) is 3.41. The Kier molecular flexibility index (Phi) is 1.02. The van der Waals surface area contributed by atoms with E-state index >= 15 is 0 Å². The summed E-state index contributed by atoms with van der Waals surface area (Å²) in [6, 6.07) is 0.845. The molecule has 1 N–H and O–H groups in total. The van der Waals surface area contributed by atoms with E-state index in [2.05, 4.69) is 10.2 Å². The highest BCUT2D eigenvalue weighted by Crippen LogP contribution is 2.10. The van der Waals surface area contributed by atoms with E-state index in [0.717, 1.165) is 6.04 Å². The molecule has 3 fully saturated rings. The van der Waals surface area contributed by atoms with Crippen LogP contribution in [0.3, 0.4) is 0 Å². The topological polar surface area (TPSA) is 15.3 Å². The zero-order valence-corrected chi connectivity index (χ0v) is 5.06. The molecule has 46 valence electrons.